The van der Waals surface area contributed by atoms with Crippen LogP contribution >= 0.6 is 0 Å². The Morgan fingerprint density at radius 3 is 2.27 bits per heavy atom. The van der Waals surface area contributed by atoms with Gasteiger partial charge in [0, 0.05) is 18.7 Å². The summed E-state index contributed by atoms with van der Waals surface area (Å²) in [6, 6.07) is 9.92. The Bertz CT molecular complexity index is 674. The molecule has 0 spiro atoms. The standard InChI is InChI=1S/C16H22BN3O2/c1-15(2)16(3,4)22-17(21-15)12-8-6-7-11(9-12)13-10-14(18)20(5)19-13/h6-10H,18H2,1-5H3. The van der Waals surface area contributed by atoms with Crippen molar-refractivity contribution in [3.8, 4) is 11.3 Å². The van der Waals surface area contributed by atoms with Crippen LogP contribution in [0.5, 0.6) is 0 Å². The third kappa shape index (κ3) is 2.42. The molecule has 3 rings (SSSR count). The van der Waals surface area contributed by atoms with Gasteiger partial charge < -0.3 is 15.0 Å². The minimum Gasteiger partial charge on any atom is -0.399 e. The third-order valence-electron chi connectivity index (χ3n) is 4.62. The molecule has 1 aromatic carbocycles. The van der Waals surface area contributed by atoms with E-state index >= 15 is 0 Å². The number of rotatable bonds is 2. The van der Waals surface area contributed by atoms with E-state index in [1.807, 2.05) is 37.4 Å². The number of nitrogens with two attached hydrogens (primary N) is 1. The summed E-state index contributed by atoms with van der Waals surface area (Å²) in [5.41, 5.74) is 8.00. The molecule has 0 unspecified atom stereocenters. The van der Waals surface area contributed by atoms with Gasteiger partial charge in [-0.3, -0.25) is 4.68 Å². The smallest absolute Gasteiger partial charge is 0.399 e. The zero-order valence-corrected chi connectivity index (χ0v) is 13.8. The molecule has 6 heteroatoms. The molecule has 0 atom stereocenters. The molecule has 0 amide bonds. The first-order chi connectivity index (χ1) is 10.2. The van der Waals surface area contributed by atoms with Gasteiger partial charge in [-0.25, -0.2) is 0 Å². The van der Waals surface area contributed by atoms with Crippen molar-refractivity contribution in [2.24, 2.45) is 7.05 Å². The number of hydrogen-bond acceptors (Lipinski definition) is 4. The second-order valence-corrected chi connectivity index (χ2v) is 6.79. The quantitative estimate of drug-likeness (QED) is 0.861. The van der Waals surface area contributed by atoms with Gasteiger partial charge in [-0.1, -0.05) is 24.3 Å². The lowest BCUT2D eigenvalue weighted by atomic mass is 9.78. The maximum absolute atomic E-state index is 6.10. The summed E-state index contributed by atoms with van der Waals surface area (Å²) in [4.78, 5) is 0. The SMILES string of the molecule is Cn1nc(-c2cccc(B3OC(C)(C)C(C)(C)O3)c2)cc1N. The van der Waals surface area contributed by atoms with E-state index in [1.165, 1.54) is 0 Å². The molecule has 1 aliphatic heterocycles. The number of hydrogen-bond donors (Lipinski definition) is 1. The van der Waals surface area contributed by atoms with E-state index < -0.39 is 0 Å². The van der Waals surface area contributed by atoms with Gasteiger partial charge in [-0.15, -0.1) is 0 Å². The van der Waals surface area contributed by atoms with Crippen LogP contribution in [-0.2, 0) is 16.4 Å². The van der Waals surface area contributed by atoms with Crippen LogP contribution in [-0.4, -0.2) is 28.1 Å². The van der Waals surface area contributed by atoms with Crippen LogP contribution in [0.1, 0.15) is 27.7 Å². The Kier molecular flexibility index (Phi) is 3.34. The van der Waals surface area contributed by atoms with E-state index in [4.69, 9.17) is 15.0 Å². The summed E-state index contributed by atoms with van der Waals surface area (Å²) in [5.74, 6) is 0.635. The Balaban J connectivity index is 1.93. The predicted molar refractivity (Wildman–Crippen MR) is 88.8 cm³/mol. The fourth-order valence-electron chi connectivity index (χ4n) is 2.45. The van der Waals surface area contributed by atoms with Crippen LogP contribution in [0.2, 0.25) is 0 Å². The molecule has 2 N–H and O–H groups in total. The molecule has 1 aliphatic rings. The number of aryl methyl sites for hydroxylation is 1. The molecular weight excluding hydrogens is 277 g/mol. The van der Waals surface area contributed by atoms with Crippen LogP contribution in [0.3, 0.4) is 0 Å². The molecule has 1 fully saturated rings. The summed E-state index contributed by atoms with van der Waals surface area (Å²) in [7, 11) is 1.46. The molecule has 0 radical (unpaired) electrons. The lowest BCUT2D eigenvalue weighted by molar-refractivity contribution is 0.00578. The summed E-state index contributed by atoms with van der Waals surface area (Å²) in [6.45, 7) is 8.21. The van der Waals surface area contributed by atoms with Crippen LogP contribution in [0.15, 0.2) is 30.3 Å². The van der Waals surface area contributed by atoms with Crippen molar-refractivity contribution in [3.63, 3.8) is 0 Å². The Morgan fingerprint density at radius 1 is 1.09 bits per heavy atom. The molecule has 0 bridgehead atoms. The largest absolute Gasteiger partial charge is 0.494 e. The van der Waals surface area contributed by atoms with Crippen LogP contribution in [0.4, 0.5) is 5.82 Å². The molecule has 2 aromatic rings. The predicted octanol–water partition coefficient (Wildman–Crippen LogP) is 1.97. The number of anilines is 1. The van der Waals surface area contributed by atoms with Crippen LogP contribution in [0, 0.1) is 0 Å². The van der Waals surface area contributed by atoms with E-state index in [9.17, 15) is 0 Å². The average Bonchev–Trinajstić information content (AvgIpc) is 2.87. The third-order valence-corrected chi connectivity index (χ3v) is 4.62. The fraction of sp³-hybridized carbons (Fsp3) is 0.438. The number of nitrogens with zero attached hydrogens (tertiary/aromatic N) is 2. The molecule has 5 nitrogen and oxygen atoms in total. The van der Waals surface area contributed by atoms with E-state index in [2.05, 4.69) is 32.8 Å². The molecule has 0 aliphatic carbocycles. The van der Waals surface area contributed by atoms with Gasteiger partial charge in [0.15, 0.2) is 0 Å². The highest BCUT2D eigenvalue weighted by Crippen LogP contribution is 2.36. The molecule has 1 aromatic heterocycles. The highest BCUT2D eigenvalue weighted by molar-refractivity contribution is 6.62. The van der Waals surface area contributed by atoms with Crippen molar-refractivity contribution in [3.05, 3.63) is 30.3 Å². The van der Waals surface area contributed by atoms with E-state index in [0.717, 1.165) is 16.7 Å². The zero-order chi connectivity index (χ0) is 16.1. The maximum atomic E-state index is 6.10. The maximum Gasteiger partial charge on any atom is 0.494 e. The van der Waals surface area contributed by atoms with Gasteiger partial charge in [-0.2, -0.15) is 5.10 Å². The van der Waals surface area contributed by atoms with Gasteiger partial charge in [0.1, 0.15) is 5.82 Å². The van der Waals surface area contributed by atoms with Gasteiger partial charge in [0.2, 0.25) is 0 Å². The van der Waals surface area contributed by atoms with Crippen molar-refractivity contribution >= 4 is 18.4 Å². The Morgan fingerprint density at radius 2 is 1.73 bits per heavy atom. The minimum atomic E-state index is -0.369. The Labute approximate surface area is 131 Å². The van der Waals surface area contributed by atoms with E-state index in [0.29, 0.717) is 5.82 Å². The number of benzene rings is 1. The topological polar surface area (TPSA) is 62.3 Å². The van der Waals surface area contributed by atoms with Crippen molar-refractivity contribution in [2.45, 2.75) is 38.9 Å². The molecule has 116 valence electrons. The number of nitrogen functional groups attached to an aromatic ring is 1. The first-order valence-corrected chi connectivity index (χ1v) is 7.45. The number of aromatic nitrogens is 2. The molecule has 0 saturated carbocycles. The van der Waals surface area contributed by atoms with E-state index in [-0.39, 0.29) is 18.3 Å². The van der Waals surface area contributed by atoms with Gasteiger partial charge in [0.05, 0.1) is 16.9 Å². The van der Waals surface area contributed by atoms with Crippen LogP contribution < -0.4 is 11.2 Å². The highest BCUT2D eigenvalue weighted by atomic mass is 16.7. The van der Waals surface area contributed by atoms with Crippen molar-refractivity contribution in [1.29, 1.82) is 0 Å². The van der Waals surface area contributed by atoms with Crippen molar-refractivity contribution < 1.29 is 9.31 Å². The van der Waals surface area contributed by atoms with Crippen LogP contribution in [0.25, 0.3) is 11.3 Å². The molecule has 2 heterocycles. The fourth-order valence-corrected chi connectivity index (χ4v) is 2.45. The molecular formula is C16H22BN3O2. The minimum absolute atomic E-state index is 0.344. The second-order valence-electron chi connectivity index (χ2n) is 6.79. The highest BCUT2D eigenvalue weighted by Gasteiger charge is 2.51. The zero-order valence-electron chi connectivity index (χ0n) is 13.8. The van der Waals surface area contributed by atoms with Gasteiger partial charge in [-0.05, 0) is 33.2 Å². The normalized spacial score (nSPS) is 19.6. The molecule has 22 heavy (non-hydrogen) atoms. The first-order valence-electron chi connectivity index (χ1n) is 7.45. The van der Waals surface area contributed by atoms with Crippen molar-refractivity contribution in [1.82, 2.24) is 9.78 Å². The lowest BCUT2D eigenvalue weighted by Crippen LogP contribution is -2.41. The summed E-state index contributed by atoms with van der Waals surface area (Å²) < 4.78 is 13.9. The second kappa shape index (κ2) is 4.86. The summed E-state index contributed by atoms with van der Waals surface area (Å²) >= 11 is 0. The Hall–Kier alpha value is -1.79. The van der Waals surface area contributed by atoms with Crippen molar-refractivity contribution in [2.75, 3.05) is 5.73 Å². The lowest BCUT2D eigenvalue weighted by Gasteiger charge is -2.32. The average molecular weight is 299 g/mol. The van der Waals surface area contributed by atoms with Gasteiger partial charge >= 0.3 is 7.12 Å². The first kappa shape index (κ1) is 15.1. The van der Waals surface area contributed by atoms with E-state index in [1.54, 1.807) is 4.68 Å². The van der Waals surface area contributed by atoms with Gasteiger partial charge in [0.25, 0.3) is 0 Å². The monoisotopic (exact) mass is 299 g/mol. The summed E-state index contributed by atoms with van der Waals surface area (Å²) in [6.07, 6.45) is 0. The summed E-state index contributed by atoms with van der Waals surface area (Å²) in [5, 5.41) is 4.42. The molecule has 1 saturated heterocycles.